The predicted molar refractivity (Wildman–Crippen MR) is 108 cm³/mol. The van der Waals surface area contributed by atoms with Crippen LogP contribution in [0.5, 0.6) is 5.75 Å². The zero-order valence-corrected chi connectivity index (χ0v) is 17.4. The molecule has 2 saturated carbocycles. The lowest BCUT2D eigenvalue weighted by Crippen LogP contribution is -2.41. The van der Waals surface area contributed by atoms with Crippen molar-refractivity contribution < 1.29 is 23.7 Å². The van der Waals surface area contributed by atoms with Gasteiger partial charge in [-0.15, -0.1) is 0 Å². The van der Waals surface area contributed by atoms with Crippen molar-refractivity contribution in [1.82, 2.24) is 0 Å². The Balaban J connectivity index is 1.33. The fraction of sp³-hybridized carbons (Fsp3) is 0.750. The number of hydrogen-bond donors (Lipinski definition) is 1. The summed E-state index contributed by atoms with van der Waals surface area (Å²) in [5.74, 6) is 1.80. The van der Waals surface area contributed by atoms with Crippen molar-refractivity contribution in [1.29, 1.82) is 0 Å². The van der Waals surface area contributed by atoms with Gasteiger partial charge in [-0.25, -0.2) is 4.39 Å². The number of unbranched alkanes of at least 4 members (excludes halogenated alkanes) is 1. The van der Waals surface area contributed by atoms with Gasteiger partial charge in [-0.1, -0.05) is 0 Å². The van der Waals surface area contributed by atoms with Crippen molar-refractivity contribution in [2.24, 2.45) is 11.8 Å². The van der Waals surface area contributed by atoms with Gasteiger partial charge in [0.25, 0.3) is 0 Å². The van der Waals surface area contributed by atoms with Crippen molar-refractivity contribution >= 4 is 0 Å². The van der Waals surface area contributed by atoms with E-state index in [1.165, 1.54) is 30.4 Å². The van der Waals surface area contributed by atoms with Gasteiger partial charge in [0.2, 0.25) is 0 Å². The Morgan fingerprint density at radius 3 is 2.90 bits per heavy atom. The lowest BCUT2D eigenvalue weighted by molar-refractivity contribution is 0.0618. The number of epoxide rings is 1. The molecule has 1 aliphatic heterocycles. The maximum absolute atomic E-state index is 14.7. The lowest BCUT2D eigenvalue weighted by Gasteiger charge is -2.44. The van der Waals surface area contributed by atoms with E-state index in [2.05, 4.69) is 0 Å². The molecule has 5 atom stereocenters. The van der Waals surface area contributed by atoms with Crippen LogP contribution in [0.15, 0.2) is 12.1 Å². The molecule has 1 saturated heterocycles. The molecule has 3 fully saturated rings. The molecule has 5 heteroatoms. The maximum atomic E-state index is 14.7. The van der Waals surface area contributed by atoms with Gasteiger partial charge in [0, 0.05) is 13.7 Å². The van der Waals surface area contributed by atoms with Crippen molar-refractivity contribution in [3.8, 4) is 5.75 Å². The summed E-state index contributed by atoms with van der Waals surface area (Å²) in [5, 5.41) is 9.13. The first-order valence-corrected chi connectivity index (χ1v) is 11.4. The number of aryl methyl sites for hydroxylation is 1. The minimum atomic E-state index is -0.242. The summed E-state index contributed by atoms with van der Waals surface area (Å²) in [6.45, 7) is 1.11. The zero-order valence-electron chi connectivity index (χ0n) is 17.4. The van der Waals surface area contributed by atoms with Crippen LogP contribution in [0.1, 0.15) is 68.4 Å². The smallest absolute Gasteiger partial charge is 0.165 e. The van der Waals surface area contributed by atoms with E-state index in [0.29, 0.717) is 36.7 Å². The number of ether oxygens (including phenoxy) is 3. The highest BCUT2D eigenvalue weighted by Gasteiger charge is 2.77. The Hall–Kier alpha value is -1.17. The third kappa shape index (κ3) is 3.03. The van der Waals surface area contributed by atoms with Crippen LogP contribution in [0.3, 0.4) is 0 Å². The van der Waals surface area contributed by atoms with Gasteiger partial charge < -0.3 is 19.3 Å². The molecule has 0 aromatic heterocycles. The molecular weight excluding hydrogens is 371 g/mol. The van der Waals surface area contributed by atoms with E-state index in [9.17, 15) is 4.39 Å². The lowest BCUT2D eigenvalue weighted by atomic mass is 9.59. The first-order valence-electron chi connectivity index (χ1n) is 11.4. The van der Waals surface area contributed by atoms with E-state index < -0.39 is 0 Å². The Morgan fingerprint density at radius 2 is 2.07 bits per heavy atom. The third-order valence-corrected chi connectivity index (χ3v) is 8.30. The van der Waals surface area contributed by atoms with E-state index in [4.69, 9.17) is 19.3 Å². The van der Waals surface area contributed by atoms with Gasteiger partial charge >= 0.3 is 0 Å². The normalized spacial score (nSPS) is 36.7. The molecule has 1 heterocycles. The van der Waals surface area contributed by atoms with Gasteiger partial charge in [0.1, 0.15) is 12.2 Å². The van der Waals surface area contributed by atoms with Crippen molar-refractivity contribution in [3.05, 3.63) is 29.1 Å². The number of halogens is 1. The molecule has 0 amide bonds. The average molecular weight is 405 g/mol. The Labute approximate surface area is 172 Å². The quantitative estimate of drug-likeness (QED) is 0.516. The minimum absolute atomic E-state index is 0.0857. The number of benzene rings is 1. The molecular formula is C24H33FO4. The maximum Gasteiger partial charge on any atom is 0.165 e. The average Bonchev–Trinajstić information content (AvgIpc) is 3.23. The fourth-order valence-electron chi connectivity index (χ4n) is 7.05. The second-order valence-electron chi connectivity index (χ2n) is 9.48. The summed E-state index contributed by atoms with van der Waals surface area (Å²) < 4.78 is 31.9. The second kappa shape index (κ2) is 7.51. The zero-order chi connectivity index (χ0) is 20.1. The SMILES string of the molecule is COCCOc1cc2c(cc1F)C1CC[C@]34O[C@@]3(CCCCO)CCC4C1CC2. The van der Waals surface area contributed by atoms with Crippen LogP contribution >= 0.6 is 0 Å². The van der Waals surface area contributed by atoms with Crippen LogP contribution in [-0.2, 0) is 15.9 Å². The molecule has 4 nitrogen and oxygen atoms in total. The highest BCUT2D eigenvalue weighted by Crippen LogP contribution is 2.72. The van der Waals surface area contributed by atoms with Gasteiger partial charge in [-0.05, 0) is 98.8 Å². The molecule has 0 bridgehead atoms. The largest absolute Gasteiger partial charge is 0.488 e. The highest BCUT2D eigenvalue weighted by atomic mass is 19.1. The molecule has 4 aliphatic rings. The number of aliphatic hydroxyl groups excluding tert-OH is 1. The Bertz CT molecular complexity index is 767. The van der Waals surface area contributed by atoms with Gasteiger partial charge in [0.15, 0.2) is 11.6 Å². The summed E-state index contributed by atoms with van der Waals surface area (Å²) in [5.41, 5.74) is 2.65. The molecule has 160 valence electrons. The van der Waals surface area contributed by atoms with Gasteiger partial charge in [-0.3, -0.25) is 0 Å². The van der Waals surface area contributed by atoms with Gasteiger partial charge in [-0.2, -0.15) is 0 Å². The monoisotopic (exact) mass is 404 g/mol. The van der Waals surface area contributed by atoms with E-state index in [1.54, 1.807) is 13.2 Å². The van der Waals surface area contributed by atoms with E-state index in [1.807, 2.05) is 6.07 Å². The summed E-state index contributed by atoms with van der Waals surface area (Å²) in [4.78, 5) is 0. The standard InChI is InChI=1S/C24H33FO4/c1-27-12-13-28-22-14-16-4-5-18-17(19(16)15-21(22)25)6-10-24-20(18)7-9-23(24,29-24)8-2-3-11-26/h14-15,17-18,20,26H,2-13H2,1H3/t17?,18?,20?,23-,24+/m0/s1. The number of aliphatic hydroxyl groups is 1. The minimum Gasteiger partial charge on any atom is -0.488 e. The van der Waals surface area contributed by atoms with E-state index in [-0.39, 0.29) is 23.6 Å². The number of fused-ring (bicyclic) bond motifs is 4. The predicted octanol–water partition coefficient (Wildman–Crippen LogP) is 4.37. The molecule has 0 radical (unpaired) electrons. The summed E-state index contributed by atoms with van der Waals surface area (Å²) in [6, 6.07) is 3.69. The Kier molecular flexibility index (Phi) is 5.12. The van der Waals surface area contributed by atoms with Gasteiger partial charge in [0.05, 0.1) is 12.2 Å². The third-order valence-electron chi connectivity index (χ3n) is 8.30. The molecule has 1 aromatic rings. The first kappa shape index (κ1) is 19.8. The van der Waals surface area contributed by atoms with Crippen LogP contribution in [0, 0.1) is 17.7 Å². The molecule has 1 spiro atoms. The van der Waals surface area contributed by atoms with E-state index in [0.717, 1.165) is 38.5 Å². The highest BCUT2D eigenvalue weighted by molar-refractivity contribution is 5.43. The van der Waals surface area contributed by atoms with Crippen molar-refractivity contribution in [3.63, 3.8) is 0 Å². The molecule has 3 aliphatic carbocycles. The van der Waals surface area contributed by atoms with Crippen LogP contribution in [0.25, 0.3) is 0 Å². The first-order chi connectivity index (χ1) is 14.1. The summed E-state index contributed by atoms with van der Waals surface area (Å²) >= 11 is 0. The second-order valence-corrected chi connectivity index (χ2v) is 9.48. The number of rotatable bonds is 8. The van der Waals surface area contributed by atoms with Crippen LogP contribution in [0.2, 0.25) is 0 Å². The molecule has 1 N–H and O–H groups in total. The topological polar surface area (TPSA) is 51.2 Å². The van der Waals surface area contributed by atoms with Crippen molar-refractivity contribution in [2.45, 2.75) is 74.9 Å². The van der Waals surface area contributed by atoms with Crippen LogP contribution in [-0.4, -0.2) is 43.2 Å². The van der Waals surface area contributed by atoms with Crippen molar-refractivity contribution in [2.75, 3.05) is 26.9 Å². The summed E-state index contributed by atoms with van der Waals surface area (Å²) in [7, 11) is 1.62. The fourth-order valence-corrected chi connectivity index (χ4v) is 7.05. The summed E-state index contributed by atoms with van der Waals surface area (Å²) in [6.07, 6.45) is 9.80. The van der Waals surface area contributed by atoms with Crippen LogP contribution in [0.4, 0.5) is 4.39 Å². The molecule has 29 heavy (non-hydrogen) atoms. The number of hydrogen-bond acceptors (Lipinski definition) is 4. The number of methoxy groups -OCH3 is 1. The van der Waals surface area contributed by atoms with E-state index >= 15 is 0 Å². The molecule has 5 rings (SSSR count). The molecule has 1 aromatic carbocycles. The van der Waals surface area contributed by atoms with Crippen LogP contribution < -0.4 is 4.74 Å². The molecule has 3 unspecified atom stereocenters. The Morgan fingerprint density at radius 1 is 1.17 bits per heavy atom.